The Hall–Kier alpha value is -2.43. The first-order valence-electron chi connectivity index (χ1n) is 12.3. The van der Waals surface area contributed by atoms with E-state index in [1.165, 1.54) is 11.1 Å². The van der Waals surface area contributed by atoms with Crippen molar-refractivity contribution in [3.63, 3.8) is 0 Å². The van der Waals surface area contributed by atoms with Crippen molar-refractivity contribution in [1.82, 2.24) is 10.2 Å². The van der Waals surface area contributed by atoms with Crippen LogP contribution in [0.15, 0.2) is 24.3 Å². The molecule has 1 aliphatic carbocycles. The molecule has 0 spiro atoms. The van der Waals surface area contributed by atoms with Gasteiger partial charge in [0.15, 0.2) is 0 Å². The summed E-state index contributed by atoms with van der Waals surface area (Å²) in [4.78, 5) is 23.7. The van der Waals surface area contributed by atoms with E-state index in [1.807, 2.05) is 6.07 Å². The van der Waals surface area contributed by atoms with Gasteiger partial charge in [0.05, 0.1) is 5.54 Å². The number of ether oxygens (including phenoxy) is 1. The van der Waals surface area contributed by atoms with Crippen LogP contribution in [0.25, 0.3) is 5.57 Å². The summed E-state index contributed by atoms with van der Waals surface area (Å²) < 4.78 is 37.5. The van der Waals surface area contributed by atoms with E-state index in [9.17, 15) is 18.0 Å². The standard InChI is InChI=1S/C24H35N3O2.C2HF3O2/c1-23(2)7-5-18(6-8-23)21-17-19(3-4-20(21)22(25)28)24(9-15-29-16-10-24)27-13-11-26-12-14-27;3-2(4,5)1(6)7/h3-5,17,26H,6-16H2,1-2H3,(H2,25,28);(H,6,7). The van der Waals surface area contributed by atoms with Gasteiger partial charge in [-0.05, 0) is 66.4 Å². The van der Waals surface area contributed by atoms with Gasteiger partial charge in [-0.25, -0.2) is 4.79 Å². The Bertz CT molecular complexity index is 979. The first-order valence-corrected chi connectivity index (χ1v) is 12.3. The lowest BCUT2D eigenvalue weighted by atomic mass is 9.74. The molecule has 0 aromatic heterocycles. The number of piperazine rings is 1. The molecule has 0 atom stereocenters. The molecule has 2 aliphatic heterocycles. The third-order valence-corrected chi connectivity index (χ3v) is 7.43. The van der Waals surface area contributed by atoms with Gasteiger partial charge in [-0.15, -0.1) is 0 Å². The molecule has 0 unspecified atom stereocenters. The molecule has 1 amide bonds. The Morgan fingerprint density at radius 3 is 2.22 bits per heavy atom. The second-order valence-electron chi connectivity index (χ2n) is 10.4. The highest BCUT2D eigenvalue weighted by Crippen LogP contribution is 2.43. The van der Waals surface area contributed by atoms with Gasteiger partial charge in [-0.3, -0.25) is 9.69 Å². The maximum Gasteiger partial charge on any atom is 0.490 e. The minimum atomic E-state index is -5.08. The zero-order chi connectivity index (χ0) is 26.6. The summed E-state index contributed by atoms with van der Waals surface area (Å²) in [5.41, 5.74) is 10.4. The normalized spacial score (nSPS) is 22.1. The van der Waals surface area contributed by atoms with Gasteiger partial charge < -0.3 is 20.9 Å². The Morgan fingerprint density at radius 1 is 1.11 bits per heavy atom. The van der Waals surface area contributed by atoms with Crippen LogP contribution in [0.2, 0.25) is 0 Å². The number of halogens is 3. The van der Waals surface area contributed by atoms with Crippen LogP contribution in [-0.2, 0) is 15.1 Å². The van der Waals surface area contributed by atoms with Crippen LogP contribution in [0.1, 0.15) is 67.4 Å². The average Bonchev–Trinajstić information content (AvgIpc) is 2.84. The highest BCUT2D eigenvalue weighted by Gasteiger charge is 2.41. The van der Waals surface area contributed by atoms with Crippen LogP contribution in [0.3, 0.4) is 0 Å². The molecule has 0 saturated carbocycles. The lowest BCUT2D eigenvalue weighted by Crippen LogP contribution is -2.56. The third-order valence-electron chi connectivity index (χ3n) is 7.43. The lowest BCUT2D eigenvalue weighted by Gasteiger charge is -2.48. The molecule has 2 saturated heterocycles. The highest BCUT2D eigenvalue weighted by molar-refractivity contribution is 5.98. The maximum absolute atomic E-state index is 12.2. The molecule has 0 radical (unpaired) electrons. The number of benzene rings is 1. The molecule has 0 bridgehead atoms. The number of carbonyl (C=O) groups excluding carboxylic acids is 1. The number of allylic oxidation sites excluding steroid dienone is 2. The van der Waals surface area contributed by atoms with Crippen molar-refractivity contribution in [2.75, 3.05) is 39.4 Å². The fourth-order valence-electron chi connectivity index (χ4n) is 5.22. The fraction of sp³-hybridized carbons (Fsp3) is 0.615. The van der Waals surface area contributed by atoms with Crippen LogP contribution in [0, 0.1) is 5.41 Å². The number of hydrogen-bond acceptors (Lipinski definition) is 5. The van der Waals surface area contributed by atoms with E-state index in [0.29, 0.717) is 11.0 Å². The number of nitrogens with zero attached hydrogens (tertiary/aromatic N) is 1. The second kappa shape index (κ2) is 11.3. The number of hydrogen-bond donors (Lipinski definition) is 3. The maximum atomic E-state index is 12.2. The van der Waals surface area contributed by atoms with Gasteiger partial charge in [0.1, 0.15) is 0 Å². The van der Waals surface area contributed by atoms with Crippen LogP contribution < -0.4 is 11.1 Å². The van der Waals surface area contributed by atoms with Gasteiger partial charge in [-0.2, -0.15) is 13.2 Å². The summed E-state index contributed by atoms with van der Waals surface area (Å²) in [6.45, 7) is 10.3. The second-order valence-corrected chi connectivity index (χ2v) is 10.4. The van der Waals surface area contributed by atoms with Crippen molar-refractivity contribution in [2.45, 2.75) is 57.7 Å². The number of aliphatic carboxylic acids is 1. The molecule has 7 nitrogen and oxygen atoms in total. The van der Waals surface area contributed by atoms with Crippen molar-refractivity contribution >= 4 is 17.4 Å². The molecule has 2 heterocycles. The largest absolute Gasteiger partial charge is 0.490 e. The Kier molecular flexibility index (Phi) is 8.84. The summed E-state index contributed by atoms with van der Waals surface area (Å²) in [6, 6.07) is 6.38. The van der Waals surface area contributed by atoms with E-state index in [2.05, 4.69) is 42.3 Å². The number of nitrogens with two attached hydrogens (primary N) is 1. The molecule has 200 valence electrons. The van der Waals surface area contributed by atoms with Crippen LogP contribution in [0.4, 0.5) is 13.2 Å². The van der Waals surface area contributed by atoms with Crippen LogP contribution >= 0.6 is 0 Å². The van der Waals surface area contributed by atoms with E-state index < -0.39 is 12.1 Å². The number of amides is 1. The molecular weight excluding hydrogens is 475 g/mol. The number of alkyl halides is 3. The minimum Gasteiger partial charge on any atom is -0.475 e. The molecule has 3 aliphatic rings. The predicted octanol–water partition coefficient (Wildman–Crippen LogP) is 3.92. The highest BCUT2D eigenvalue weighted by atomic mass is 19.4. The number of carboxylic acid groups (broad SMARTS) is 1. The molecule has 4 N–H and O–H groups in total. The summed E-state index contributed by atoms with van der Waals surface area (Å²) in [6.07, 6.45) is 2.42. The quantitative estimate of drug-likeness (QED) is 0.566. The van der Waals surface area contributed by atoms with Gasteiger partial charge >= 0.3 is 12.1 Å². The number of carboxylic acids is 1. The summed E-state index contributed by atoms with van der Waals surface area (Å²) in [5, 5.41) is 10.6. The average molecular weight is 512 g/mol. The van der Waals surface area contributed by atoms with Crippen molar-refractivity contribution in [1.29, 1.82) is 0 Å². The smallest absolute Gasteiger partial charge is 0.475 e. The minimum absolute atomic E-state index is 0.0141. The Morgan fingerprint density at radius 2 is 1.72 bits per heavy atom. The van der Waals surface area contributed by atoms with E-state index in [-0.39, 0.29) is 11.4 Å². The Balaban J connectivity index is 0.000000454. The van der Waals surface area contributed by atoms with E-state index in [0.717, 1.165) is 77.1 Å². The first-order chi connectivity index (χ1) is 16.9. The van der Waals surface area contributed by atoms with Crippen LogP contribution in [-0.4, -0.2) is 67.5 Å². The third kappa shape index (κ3) is 6.66. The summed E-state index contributed by atoms with van der Waals surface area (Å²) in [7, 11) is 0. The number of primary amides is 1. The molecule has 4 rings (SSSR count). The van der Waals surface area contributed by atoms with Gasteiger partial charge in [0.25, 0.3) is 0 Å². The van der Waals surface area contributed by atoms with Gasteiger partial charge in [-0.1, -0.05) is 26.0 Å². The van der Waals surface area contributed by atoms with Crippen molar-refractivity contribution < 1.29 is 32.6 Å². The molecular formula is C26H36F3N3O4. The van der Waals surface area contributed by atoms with Crippen LogP contribution in [0.5, 0.6) is 0 Å². The predicted molar refractivity (Wildman–Crippen MR) is 130 cm³/mol. The molecule has 1 aromatic carbocycles. The number of rotatable bonds is 4. The Labute approximate surface area is 209 Å². The summed E-state index contributed by atoms with van der Waals surface area (Å²) >= 11 is 0. The number of nitrogens with one attached hydrogen (secondary N) is 1. The lowest BCUT2D eigenvalue weighted by molar-refractivity contribution is -0.192. The van der Waals surface area contributed by atoms with E-state index in [4.69, 9.17) is 20.4 Å². The fourth-order valence-corrected chi connectivity index (χ4v) is 5.22. The SMILES string of the molecule is CC1(C)CC=C(c2cc(C3(N4CCNCC4)CCOCC3)ccc2C(N)=O)CC1.O=C(O)C(F)(F)F. The number of carbonyl (C=O) groups is 2. The van der Waals surface area contributed by atoms with Crippen molar-refractivity contribution in [3.8, 4) is 0 Å². The zero-order valence-corrected chi connectivity index (χ0v) is 20.9. The molecule has 1 aromatic rings. The van der Waals surface area contributed by atoms with Crippen molar-refractivity contribution in [2.24, 2.45) is 11.1 Å². The van der Waals surface area contributed by atoms with Gasteiger partial charge in [0, 0.05) is 45.0 Å². The monoisotopic (exact) mass is 511 g/mol. The summed E-state index contributed by atoms with van der Waals surface area (Å²) in [5.74, 6) is -3.09. The first kappa shape index (κ1) is 28.1. The zero-order valence-electron chi connectivity index (χ0n) is 20.9. The molecule has 36 heavy (non-hydrogen) atoms. The van der Waals surface area contributed by atoms with Crippen molar-refractivity contribution in [3.05, 3.63) is 41.0 Å². The topological polar surface area (TPSA) is 105 Å². The van der Waals surface area contributed by atoms with E-state index in [1.54, 1.807) is 0 Å². The van der Waals surface area contributed by atoms with E-state index >= 15 is 0 Å². The molecule has 10 heteroatoms. The molecule has 2 fully saturated rings. The van der Waals surface area contributed by atoms with Gasteiger partial charge in [0.2, 0.25) is 5.91 Å².